The number of aromatic nitrogens is 3. The summed E-state index contributed by atoms with van der Waals surface area (Å²) in [6, 6.07) is 17.7. The average Bonchev–Trinajstić information content (AvgIpc) is 3.07. The van der Waals surface area contributed by atoms with Crippen molar-refractivity contribution in [3.05, 3.63) is 67.0 Å². The molecule has 0 saturated carbocycles. The number of hydrogen-bond acceptors (Lipinski definition) is 4. The Labute approximate surface area is 139 Å². The zero-order valence-electron chi connectivity index (χ0n) is 13.2. The molecule has 2 heterocycles. The number of methoxy groups -OCH3 is 1. The predicted molar refractivity (Wildman–Crippen MR) is 94.8 cm³/mol. The van der Waals surface area contributed by atoms with Crippen molar-refractivity contribution in [1.82, 2.24) is 14.4 Å². The third kappa shape index (κ3) is 2.46. The Balaban J connectivity index is 1.81. The fraction of sp³-hybridized carbons (Fsp3) is 0.0526. The maximum atomic E-state index is 6.12. The molecule has 0 atom stereocenters. The number of ether oxygens (including phenoxy) is 1. The topological polar surface area (TPSA) is 65.4 Å². The molecule has 4 aromatic rings. The van der Waals surface area contributed by atoms with E-state index >= 15 is 0 Å². The minimum Gasteiger partial charge on any atom is -0.497 e. The number of benzene rings is 2. The number of imidazole rings is 1. The van der Waals surface area contributed by atoms with Gasteiger partial charge in [0.05, 0.1) is 18.5 Å². The molecule has 0 unspecified atom stereocenters. The first-order valence-corrected chi connectivity index (χ1v) is 7.59. The SMILES string of the molecule is COc1ccc(-c2cn3cc(-c4ccccc4)nc3c(N)n2)cc1. The lowest BCUT2D eigenvalue weighted by Crippen LogP contribution is -1.98. The molecule has 118 valence electrons. The molecule has 0 aliphatic heterocycles. The Morgan fingerprint density at radius 1 is 0.833 bits per heavy atom. The molecule has 0 fully saturated rings. The van der Waals surface area contributed by atoms with Gasteiger partial charge in [-0.2, -0.15) is 0 Å². The Kier molecular flexibility index (Phi) is 3.39. The van der Waals surface area contributed by atoms with Gasteiger partial charge in [0.25, 0.3) is 0 Å². The highest BCUT2D eigenvalue weighted by Crippen LogP contribution is 2.25. The fourth-order valence-electron chi connectivity index (χ4n) is 2.67. The van der Waals surface area contributed by atoms with E-state index in [1.54, 1.807) is 7.11 Å². The third-order valence-electron chi connectivity index (χ3n) is 3.92. The van der Waals surface area contributed by atoms with Crippen molar-refractivity contribution in [3.8, 4) is 28.3 Å². The first-order valence-electron chi connectivity index (χ1n) is 7.59. The largest absolute Gasteiger partial charge is 0.497 e. The molecule has 5 nitrogen and oxygen atoms in total. The molecular formula is C19H16N4O. The molecule has 0 bridgehead atoms. The summed E-state index contributed by atoms with van der Waals surface area (Å²) in [4.78, 5) is 9.09. The molecule has 4 rings (SSSR count). The van der Waals surface area contributed by atoms with Crippen LogP contribution in [0.3, 0.4) is 0 Å². The molecule has 5 heteroatoms. The second-order valence-electron chi connectivity index (χ2n) is 5.46. The number of nitrogens with two attached hydrogens (primary N) is 1. The molecular weight excluding hydrogens is 300 g/mol. The minimum absolute atomic E-state index is 0.408. The molecule has 2 aromatic heterocycles. The Morgan fingerprint density at radius 3 is 2.12 bits per heavy atom. The van der Waals surface area contributed by atoms with Gasteiger partial charge in [0.15, 0.2) is 11.5 Å². The maximum absolute atomic E-state index is 6.12. The summed E-state index contributed by atoms with van der Waals surface area (Å²) in [5.74, 6) is 1.22. The van der Waals surface area contributed by atoms with Crippen molar-refractivity contribution in [2.24, 2.45) is 0 Å². The quantitative estimate of drug-likeness (QED) is 0.626. The van der Waals surface area contributed by atoms with Gasteiger partial charge in [0.1, 0.15) is 5.75 Å². The number of hydrogen-bond donors (Lipinski definition) is 1. The smallest absolute Gasteiger partial charge is 0.180 e. The molecule has 2 aromatic carbocycles. The van der Waals surface area contributed by atoms with E-state index in [1.165, 1.54) is 0 Å². The van der Waals surface area contributed by atoms with Gasteiger partial charge in [-0.15, -0.1) is 0 Å². The van der Waals surface area contributed by atoms with Gasteiger partial charge in [-0.05, 0) is 24.3 Å². The number of fused-ring (bicyclic) bond motifs is 1. The molecule has 0 amide bonds. The normalized spacial score (nSPS) is 10.9. The average molecular weight is 316 g/mol. The molecule has 0 radical (unpaired) electrons. The van der Waals surface area contributed by atoms with Gasteiger partial charge in [-0.25, -0.2) is 9.97 Å². The van der Waals surface area contributed by atoms with E-state index < -0.39 is 0 Å². The Bertz CT molecular complexity index is 991. The van der Waals surface area contributed by atoms with E-state index in [1.807, 2.05) is 71.4 Å². The summed E-state index contributed by atoms with van der Waals surface area (Å²) < 4.78 is 7.11. The summed E-state index contributed by atoms with van der Waals surface area (Å²) >= 11 is 0. The van der Waals surface area contributed by atoms with E-state index in [0.29, 0.717) is 11.5 Å². The first-order chi connectivity index (χ1) is 11.7. The fourth-order valence-corrected chi connectivity index (χ4v) is 2.67. The van der Waals surface area contributed by atoms with E-state index in [9.17, 15) is 0 Å². The highest BCUT2D eigenvalue weighted by atomic mass is 16.5. The van der Waals surface area contributed by atoms with Crippen LogP contribution in [0.5, 0.6) is 5.75 Å². The van der Waals surface area contributed by atoms with Crippen molar-refractivity contribution >= 4 is 11.5 Å². The van der Waals surface area contributed by atoms with E-state index in [4.69, 9.17) is 10.5 Å². The van der Waals surface area contributed by atoms with Crippen LogP contribution in [-0.4, -0.2) is 21.5 Å². The van der Waals surface area contributed by atoms with Gasteiger partial charge < -0.3 is 14.9 Å². The van der Waals surface area contributed by atoms with Crippen molar-refractivity contribution in [2.75, 3.05) is 12.8 Å². The summed E-state index contributed by atoms with van der Waals surface area (Å²) in [7, 11) is 1.65. The van der Waals surface area contributed by atoms with Crippen molar-refractivity contribution in [2.45, 2.75) is 0 Å². The zero-order chi connectivity index (χ0) is 16.5. The lowest BCUT2D eigenvalue weighted by atomic mass is 10.1. The van der Waals surface area contributed by atoms with Crippen molar-refractivity contribution in [1.29, 1.82) is 0 Å². The monoisotopic (exact) mass is 316 g/mol. The number of anilines is 1. The van der Waals surface area contributed by atoms with Crippen LogP contribution in [0.4, 0.5) is 5.82 Å². The standard InChI is InChI=1S/C19H16N4O/c1-24-15-9-7-14(8-10-15)16-11-23-12-17(13-5-3-2-4-6-13)22-19(23)18(20)21-16/h2-12H,1H3,(H2,20,21). The minimum atomic E-state index is 0.408. The predicted octanol–water partition coefficient (Wildman–Crippen LogP) is 3.65. The molecule has 0 aliphatic carbocycles. The van der Waals surface area contributed by atoms with E-state index in [0.717, 1.165) is 28.3 Å². The van der Waals surface area contributed by atoms with Gasteiger partial charge in [0.2, 0.25) is 0 Å². The summed E-state index contributed by atoms with van der Waals surface area (Å²) in [6.45, 7) is 0. The van der Waals surface area contributed by atoms with Crippen LogP contribution in [0.1, 0.15) is 0 Å². The highest BCUT2D eigenvalue weighted by Gasteiger charge is 2.10. The Hall–Kier alpha value is -3.34. The van der Waals surface area contributed by atoms with Gasteiger partial charge in [0, 0.05) is 23.5 Å². The zero-order valence-corrected chi connectivity index (χ0v) is 13.2. The lowest BCUT2D eigenvalue weighted by Gasteiger charge is -2.05. The molecule has 0 saturated heterocycles. The van der Waals surface area contributed by atoms with Gasteiger partial charge >= 0.3 is 0 Å². The van der Waals surface area contributed by atoms with Crippen LogP contribution in [0.25, 0.3) is 28.2 Å². The number of nitrogen functional groups attached to an aromatic ring is 1. The number of rotatable bonds is 3. The van der Waals surface area contributed by atoms with Gasteiger partial charge in [-0.1, -0.05) is 30.3 Å². The van der Waals surface area contributed by atoms with E-state index in [2.05, 4.69) is 9.97 Å². The molecule has 0 aliphatic rings. The summed E-state index contributed by atoms with van der Waals surface area (Å²) in [5.41, 5.74) is 10.5. The van der Waals surface area contributed by atoms with Crippen LogP contribution in [0, 0.1) is 0 Å². The Morgan fingerprint density at radius 2 is 1.46 bits per heavy atom. The van der Waals surface area contributed by atoms with Crippen LogP contribution < -0.4 is 10.5 Å². The second kappa shape index (κ2) is 5.70. The van der Waals surface area contributed by atoms with Crippen molar-refractivity contribution in [3.63, 3.8) is 0 Å². The van der Waals surface area contributed by atoms with Gasteiger partial charge in [-0.3, -0.25) is 0 Å². The van der Waals surface area contributed by atoms with Crippen LogP contribution in [0.2, 0.25) is 0 Å². The molecule has 2 N–H and O–H groups in total. The lowest BCUT2D eigenvalue weighted by molar-refractivity contribution is 0.415. The third-order valence-corrected chi connectivity index (χ3v) is 3.92. The van der Waals surface area contributed by atoms with Crippen LogP contribution in [-0.2, 0) is 0 Å². The summed E-state index contributed by atoms with van der Waals surface area (Å²) in [5, 5.41) is 0. The van der Waals surface area contributed by atoms with E-state index in [-0.39, 0.29) is 0 Å². The second-order valence-corrected chi connectivity index (χ2v) is 5.46. The van der Waals surface area contributed by atoms with Crippen LogP contribution in [0.15, 0.2) is 67.0 Å². The maximum Gasteiger partial charge on any atom is 0.180 e. The molecule has 24 heavy (non-hydrogen) atoms. The first kappa shape index (κ1) is 14.3. The number of nitrogens with zero attached hydrogens (tertiary/aromatic N) is 3. The highest BCUT2D eigenvalue weighted by molar-refractivity contribution is 5.72. The summed E-state index contributed by atoms with van der Waals surface area (Å²) in [6.07, 6.45) is 3.91. The van der Waals surface area contributed by atoms with Crippen molar-refractivity contribution < 1.29 is 4.74 Å². The molecule has 0 spiro atoms. The van der Waals surface area contributed by atoms with Crippen LogP contribution >= 0.6 is 0 Å².